The van der Waals surface area contributed by atoms with Crippen molar-refractivity contribution in [3.63, 3.8) is 0 Å². The first-order chi connectivity index (χ1) is 10.4. The molecule has 2 atom stereocenters. The average Bonchev–Trinajstić information content (AvgIpc) is 2.92. The number of ketones is 1. The van der Waals surface area contributed by atoms with Crippen molar-refractivity contribution >= 4 is 11.7 Å². The van der Waals surface area contributed by atoms with Gasteiger partial charge in [0.05, 0.1) is 6.04 Å². The van der Waals surface area contributed by atoms with Gasteiger partial charge in [0.2, 0.25) is 12.7 Å². The summed E-state index contributed by atoms with van der Waals surface area (Å²) >= 11 is 0. The van der Waals surface area contributed by atoms with Crippen molar-refractivity contribution in [3.05, 3.63) is 23.8 Å². The molecule has 0 aliphatic carbocycles. The second kappa shape index (κ2) is 6.79. The van der Waals surface area contributed by atoms with Gasteiger partial charge < -0.3 is 20.1 Å². The molecule has 0 saturated heterocycles. The van der Waals surface area contributed by atoms with Crippen LogP contribution in [0.25, 0.3) is 0 Å². The highest BCUT2D eigenvalue weighted by molar-refractivity contribution is 5.88. The second-order valence-corrected chi connectivity index (χ2v) is 5.70. The first-order valence-electron chi connectivity index (χ1n) is 7.28. The fourth-order valence-corrected chi connectivity index (χ4v) is 2.42. The van der Waals surface area contributed by atoms with E-state index in [1.807, 2.05) is 25.1 Å². The van der Waals surface area contributed by atoms with Gasteiger partial charge in [-0.1, -0.05) is 6.07 Å². The normalized spacial score (nSPS) is 15.3. The number of likely N-dealkylation sites (N-methyl/N-ethyl adjacent to an activating group) is 1. The molecule has 1 amide bonds. The standard InChI is InChI=1S/C16H22N2O4/c1-10(18(3)16(20)13(17)7-11(2)19)6-12-4-5-14-15(8-12)22-9-21-14/h4-5,8,10,13H,6-7,9,17H2,1-3H3. The molecule has 0 bridgehead atoms. The highest BCUT2D eigenvalue weighted by Crippen LogP contribution is 2.32. The highest BCUT2D eigenvalue weighted by Gasteiger charge is 2.23. The van der Waals surface area contributed by atoms with Crippen molar-refractivity contribution < 1.29 is 19.1 Å². The first kappa shape index (κ1) is 16.3. The van der Waals surface area contributed by atoms with Gasteiger partial charge >= 0.3 is 0 Å². The van der Waals surface area contributed by atoms with Crippen molar-refractivity contribution in [2.24, 2.45) is 5.73 Å². The Balaban J connectivity index is 1.97. The maximum Gasteiger partial charge on any atom is 0.239 e. The van der Waals surface area contributed by atoms with E-state index in [1.165, 1.54) is 6.92 Å². The summed E-state index contributed by atoms with van der Waals surface area (Å²) in [5, 5.41) is 0. The number of rotatable bonds is 6. The van der Waals surface area contributed by atoms with Crippen LogP contribution in [0.1, 0.15) is 25.8 Å². The number of Topliss-reactive ketones (excluding diaryl/α,β-unsaturated/α-hetero) is 1. The predicted octanol–water partition coefficient (Wildman–Crippen LogP) is 1.11. The Morgan fingerprint density at radius 2 is 2.00 bits per heavy atom. The molecule has 2 N–H and O–H groups in total. The number of nitrogens with zero attached hydrogens (tertiary/aromatic N) is 1. The lowest BCUT2D eigenvalue weighted by atomic mass is 10.0. The third-order valence-electron chi connectivity index (χ3n) is 3.80. The minimum atomic E-state index is -0.776. The molecule has 1 aliphatic heterocycles. The third kappa shape index (κ3) is 3.76. The van der Waals surface area contributed by atoms with Gasteiger partial charge in [0.15, 0.2) is 11.5 Å². The van der Waals surface area contributed by atoms with Gasteiger partial charge in [-0.15, -0.1) is 0 Å². The van der Waals surface area contributed by atoms with Crippen molar-refractivity contribution in [1.29, 1.82) is 0 Å². The molecule has 0 radical (unpaired) electrons. The van der Waals surface area contributed by atoms with E-state index in [0.29, 0.717) is 6.42 Å². The molecule has 2 unspecified atom stereocenters. The lowest BCUT2D eigenvalue weighted by Crippen LogP contribution is -2.46. The number of carbonyl (C=O) groups is 2. The molecular formula is C16H22N2O4. The molecule has 0 saturated carbocycles. The molecule has 1 aromatic carbocycles. The fourth-order valence-electron chi connectivity index (χ4n) is 2.42. The number of hydrogen-bond donors (Lipinski definition) is 1. The van der Waals surface area contributed by atoms with Crippen LogP contribution in [-0.4, -0.2) is 42.5 Å². The van der Waals surface area contributed by atoms with Crippen LogP contribution in [0.4, 0.5) is 0 Å². The summed E-state index contributed by atoms with van der Waals surface area (Å²) in [6.07, 6.45) is 0.742. The first-order valence-corrected chi connectivity index (χ1v) is 7.28. The predicted molar refractivity (Wildman–Crippen MR) is 81.8 cm³/mol. The van der Waals surface area contributed by atoms with Crippen molar-refractivity contribution in [2.75, 3.05) is 13.8 Å². The minimum absolute atomic E-state index is 0.0362. The summed E-state index contributed by atoms with van der Waals surface area (Å²) in [5.74, 6) is 1.16. The Bertz CT molecular complexity index is 573. The zero-order chi connectivity index (χ0) is 16.3. The molecule has 6 heteroatoms. The molecule has 0 fully saturated rings. The minimum Gasteiger partial charge on any atom is -0.454 e. The Labute approximate surface area is 130 Å². The topological polar surface area (TPSA) is 81.9 Å². The van der Waals surface area contributed by atoms with Crippen LogP contribution in [-0.2, 0) is 16.0 Å². The van der Waals surface area contributed by atoms with Crippen LogP contribution in [0, 0.1) is 0 Å². The number of amides is 1. The molecule has 120 valence electrons. The Morgan fingerprint density at radius 3 is 2.68 bits per heavy atom. The van der Waals surface area contributed by atoms with Crippen LogP contribution in [0.5, 0.6) is 11.5 Å². The van der Waals surface area contributed by atoms with Gasteiger partial charge in [-0.3, -0.25) is 9.59 Å². The van der Waals surface area contributed by atoms with Crippen LogP contribution in [0.3, 0.4) is 0 Å². The van der Waals surface area contributed by atoms with Gasteiger partial charge in [0.25, 0.3) is 0 Å². The smallest absolute Gasteiger partial charge is 0.239 e. The van der Waals surface area contributed by atoms with E-state index in [2.05, 4.69) is 0 Å². The van der Waals surface area contributed by atoms with Gasteiger partial charge in [-0.25, -0.2) is 0 Å². The average molecular weight is 306 g/mol. The summed E-state index contributed by atoms with van der Waals surface area (Å²) in [6.45, 7) is 3.62. The lowest BCUT2D eigenvalue weighted by Gasteiger charge is -2.27. The third-order valence-corrected chi connectivity index (χ3v) is 3.80. The van der Waals surface area contributed by atoms with Gasteiger partial charge in [-0.2, -0.15) is 0 Å². The van der Waals surface area contributed by atoms with Crippen LogP contribution >= 0.6 is 0 Å². The molecule has 6 nitrogen and oxygen atoms in total. The van der Waals surface area contributed by atoms with E-state index in [0.717, 1.165) is 17.1 Å². The summed E-state index contributed by atoms with van der Waals surface area (Å²) < 4.78 is 10.6. The molecule has 2 rings (SSSR count). The zero-order valence-electron chi connectivity index (χ0n) is 13.2. The van der Waals surface area contributed by atoms with Crippen LogP contribution in [0.2, 0.25) is 0 Å². The fraction of sp³-hybridized carbons (Fsp3) is 0.500. The molecular weight excluding hydrogens is 284 g/mol. The number of ether oxygens (including phenoxy) is 2. The lowest BCUT2D eigenvalue weighted by molar-refractivity contribution is -0.134. The van der Waals surface area contributed by atoms with E-state index in [-0.39, 0.29) is 30.9 Å². The largest absolute Gasteiger partial charge is 0.454 e. The van der Waals surface area contributed by atoms with E-state index >= 15 is 0 Å². The number of carbonyl (C=O) groups excluding carboxylic acids is 2. The van der Waals surface area contributed by atoms with E-state index < -0.39 is 6.04 Å². The number of fused-ring (bicyclic) bond motifs is 1. The van der Waals surface area contributed by atoms with Crippen molar-refractivity contribution in [1.82, 2.24) is 4.90 Å². The molecule has 1 aromatic rings. The van der Waals surface area contributed by atoms with Crippen molar-refractivity contribution in [2.45, 2.75) is 38.8 Å². The number of hydrogen-bond acceptors (Lipinski definition) is 5. The molecule has 1 aliphatic rings. The van der Waals surface area contributed by atoms with Gasteiger partial charge in [0, 0.05) is 19.5 Å². The summed E-state index contributed by atoms with van der Waals surface area (Å²) in [7, 11) is 1.71. The monoisotopic (exact) mass is 306 g/mol. The Kier molecular flexibility index (Phi) is 5.03. The zero-order valence-corrected chi connectivity index (χ0v) is 13.2. The molecule has 1 heterocycles. The SMILES string of the molecule is CC(=O)CC(N)C(=O)N(C)C(C)Cc1ccc2c(c1)OCO2. The van der Waals surface area contributed by atoms with Gasteiger partial charge in [-0.05, 0) is 38.0 Å². The number of nitrogens with two attached hydrogens (primary N) is 1. The summed E-state index contributed by atoms with van der Waals surface area (Å²) in [5.41, 5.74) is 6.83. The second-order valence-electron chi connectivity index (χ2n) is 5.70. The van der Waals surface area contributed by atoms with E-state index in [9.17, 15) is 9.59 Å². The van der Waals surface area contributed by atoms with Gasteiger partial charge in [0.1, 0.15) is 5.78 Å². The summed E-state index contributed by atoms with van der Waals surface area (Å²) in [4.78, 5) is 24.9. The van der Waals surface area contributed by atoms with E-state index in [1.54, 1.807) is 11.9 Å². The quantitative estimate of drug-likeness (QED) is 0.851. The maximum atomic E-state index is 12.2. The Hall–Kier alpha value is -2.08. The van der Waals surface area contributed by atoms with Crippen LogP contribution in [0.15, 0.2) is 18.2 Å². The Morgan fingerprint density at radius 1 is 1.32 bits per heavy atom. The molecule has 22 heavy (non-hydrogen) atoms. The molecule has 0 spiro atoms. The molecule has 0 aromatic heterocycles. The summed E-state index contributed by atoms with van der Waals surface area (Å²) in [6, 6.07) is 4.94. The van der Waals surface area contributed by atoms with E-state index in [4.69, 9.17) is 15.2 Å². The van der Waals surface area contributed by atoms with Crippen molar-refractivity contribution in [3.8, 4) is 11.5 Å². The highest BCUT2D eigenvalue weighted by atomic mass is 16.7. The maximum absolute atomic E-state index is 12.2. The van der Waals surface area contributed by atoms with Crippen LogP contribution < -0.4 is 15.2 Å². The number of benzene rings is 1.